The van der Waals surface area contributed by atoms with Crippen molar-refractivity contribution < 1.29 is 14.4 Å². The Morgan fingerprint density at radius 3 is 0.886 bits per heavy atom. The molecule has 0 radical (unpaired) electrons. The fraction of sp³-hybridized carbons (Fsp3) is 0.400. The maximum Gasteiger partial charge on any atom is 0.314 e. The van der Waals surface area contributed by atoms with Gasteiger partial charge in [0.1, 0.15) is 0 Å². The minimum atomic E-state index is -3.13. The largest absolute Gasteiger partial charge is 0.326 e. The molecule has 0 saturated heterocycles. The Kier molecular flexibility index (Phi) is 10.6. The standard InChI is InChI=1S/C40H50.H3O3P/c1-37(2,3)27-21-23-33(35(25-27)39(7,8)9)31-19-15-13-17-29(31)30-18-14-16-20-32(30)34-24-22-28(38(4,5)6)26-36(34)40(10,11)12;1-4(2)3/h13-26H,1-12H3;4H,(H2,1,2,3). The molecule has 4 heteroatoms. The van der Waals surface area contributed by atoms with Gasteiger partial charge in [-0.15, -0.1) is 0 Å². The Bertz CT molecular complexity index is 1500. The number of hydrogen-bond donors (Lipinski definition) is 2. The van der Waals surface area contributed by atoms with Gasteiger partial charge in [-0.05, 0) is 77.3 Å². The molecule has 0 spiro atoms. The van der Waals surface area contributed by atoms with E-state index in [2.05, 4.69) is 168 Å². The second-order valence-corrected chi connectivity index (χ2v) is 16.5. The van der Waals surface area contributed by atoms with E-state index in [-0.39, 0.29) is 21.7 Å². The molecule has 236 valence electrons. The highest BCUT2D eigenvalue weighted by Gasteiger charge is 2.26. The van der Waals surface area contributed by atoms with Crippen LogP contribution in [0.15, 0.2) is 84.9 Å². The number of hydrogen-bond acceptors (Lipinski definition) is 1. The van der Waals surface area contributed by atoms with Gasteiger partial charge in [0, 0.05) is 0 Å². The molecule has 0 aliphatic heterocycles. The minimum absolute atomic E-state index is 0.0193. The second-order valence-electron chi connectivity index (χ2n) is 15.9. The van der Waals surface area contributed by atoms with E-state index in [1.807, 2.05) is 0 Å². The van der Waals surface area contributed by atoms with E-state index in [0.29, 0.717) is 0 Å². The number of rotatable bonds is 3. The molecule has 0 amide bonds. The van der Waals surface area contributed by atoms with Crippen molar-refractivity contribution in [1.82, 2.24) is 0 Å². The maximum absolute atomic E-state index is 8.74. The summed E-state index contributed by atoms with van der Waals surface area (Å²) >= 11 is 0. The zero-order chi connectivity index (χ0) is 33.3. The van der Waals surface area contributed by atoms with E-state index >= 15 is 0 Å². The zero-order valence-corrected chi connectivity index (χ0v) is 29.9. The monoisotopic (exact) mass is 612 g/mol. The molecule has 0 fully saturated rings. The SMILES string of the molecule is CC(C)(C)c1ccc(-c2ccccc2-c2ccccc2-c2ccc(C(C)(C)C)cc2C(C)(C)C)c(C(C)(C)C)c1.O=[PH](O)O. The van der Waals surface area contributed by atoms with E-state index in [9.17, 15) is 0 Å². The average Bonchev–Trinajstić information content (AvgIpc) is 2.90. The summed E-state index contributed by atoms with van der Waals surface area (Å²) in [5, 5.41) is 0. The lowest BCUT2D eigenvalue weighted by Crippen LogP contribution is -2.17. The fourth-order valence-corrected chi connectivity index (χ4v) is 5.64. The third-order valence-electron chi connectivity index (χ3n) is 8.11. The second kappa shape index (κ2) is 13.2. The Labute approximate surface area is 267 Å². The molecular weight excluding hydrogens is 559 g/mol. The van der Waals surface area contributed by atoms with Gasteiger partial charge in [0.05, 0.1) is 0 Å². The van der Waals surface area contributed by atoms with Crippen LogP contribution in [0.25, 0.3) is 33.4 Å². The van der Waals surface area contributed by atoms with Crippen molar-refractivity contribution in [2.24, 2.45) is 0 Å². The molecule has 0 aromatic heterocycles. The maximum atomic E-state index is 8.74. The first kappa shape index (κ1) is 35.5. The van der Waals surface area contributed by atoms with E-state index in [1.165, 1.54) is 55.6 Å². The van der Waals surface area contributed by atoms with Crippen LogP contribution in [0.5, 0.6) is 0 Å². The summed E-state index contributed by atoms with van der Waals surface area (Å²) in [5.74, 6) is 0. The summed E-state index contributed by atoms with van der Waals surface area (Å²) in [6.07, 6.45) is 0. The third-order valence-corrected chi connectivity index (χ3v) is 8.11. The van der Waals surface area contributed by atoms with E-state index in [1.54, 1.807) is 0 Å². The lowest BCUT2D eigenvalue weighted by Gasteiger charge is -2.29. The highest BCUT2D eigenvalue weighted by atomic mass is 31.1. The normalized spacial score (nSPS) is 12.6. The Morgan fingerprint density at radius 1 is 0.409 bits per heavy atom. The van der Waals surface area contributed by atoms with E-state index in [0.717, 1.165) is 0 Å². The van der Waals surface area contributed by atoms with Crippen LogP contribution >= 0.6 is 8.25 Å². The first-order valence-electron chi connectivity index (χ1n) is 15.5. The van der Waals surface area contributed by atoms with Crippen molar-refractivity contribution in [1.29, 1.82) is 0 Å². The predicted octanol–water partition coefficient (Wildman–Crippen LogP) is 11.2. The van der Waals surface area contributed by atoms with E-state index in [4.69, 9.17) is 14.4 Å². The van der Waals surface area contributed by atoms with Gasteiger partial charge in [0.15, 0.2) is 0 Å². The molecule has 0 bridgehead atoms. The van der Waals surface area contributed by atoms with Crippen LogP contribution in [0, 0.1) is 0 Å². The molecule has 0 saturated carbocycles. The summed E-state index contributed by atoms with van der Waals surface area (Å²) < 4.78 is 8.74. The van der Waals surface area contributed by atoms with Crippen LogP contribution in [0.4, 0.5) is 0 Å². The molecule has 0 unspecified atom stereocenters. The van der Waals surface area contributed by atoms with Gasteiger partial charge in [-0.3, -0.25) is 4.57 Å². The lowest BCUT2D eigenvalue weighted by molar-refractivity contribution is 0.405. The first-order valence-corrected chi connectivity index (χ1v) is 16.8. The lowest BCUT2D eigenvalue weighted by atomic mass is 9.75. The molecule has 0 atom stereocenters. The number of benzene rings is 4. The fourth-order valence-electron chi connectivity index (χ4n) is 5.64. The van der Waals surface area contributed by atoms with Crippen LogP contribution < -0.4 is 0 Å². The molecule has 44 heavy (non-hydrogen) atoms. The topological polar surface area (TPSA) is 57.5 Å². The van der Waals surface area contributed by atoms with Crippen LogP contribution in [0.3, 0.4) is 0 Å². The highest BCUT2D eigenvalue weighted by molar-refractivity contribution is 7.30. The van der Waals surface area contributed by atoms with Crippen molar-refractivity contribution in [3.63, 3.8) is 0 Å². The van der Waals surface area contributed by atoms with Crippen molar-refractivity contribution >= 4 is 8.25 Å². The Balaban J connectivity index is 0.00000124. The predicted molar refractivity (Wildman–Crippen MR) is 191 cm³/mol. The van der Waals surface area contributed by atoms with Gasteiger partial charge >= 0.3 is 8.25 Å². The van der Waals surface area contributed by atoms with Crippen molar-refractivity contribution in [3.05, 3.63) is 107 Å². The minimum Gasteiger partial charge on any atom is -0.326 e. The van der Waals surface area contributed by atoms with Crippen molar-refractivity contribution in [2.45, 2.75) is 105 Å². The van der Waals surface area contributed by atoms with Gasteiger partial charge in [-0.25, -0.2) is 0 Å². The quantitative estimate of drug-likeness (QED) is 0.226. The zero-order valence-electron chi connectivity index (χ0n) is 28.9. The van der Waals surface area contributed by atoms with Gasteiger partial charge in [-0.2, -0.15) is 0 Å². The molecule has 0 heterocycles. The summed E-state index contributed by atoms with van der Waals surface area (Å²) in [6.45, 7) is 27.8. The molecule has 4 aromatic carbocycles. The van der Waals surface area contributed by atoms with Gasteiger partial charge in [0.25, 0.3) is 0 Å². The van der Waals surface area contributed by atoms with Crippen LogP contribution in [0.2, 0.25) is 0 Å². The van der Waals surface area contributed by atoms with Gasteiger partial charge in [-0.1, -0.05) is 168 Å². The summed E-state index contributed by atoms with van der Waals surface area (Å²) in [7, 11) is -3.13. The molecule has 0 aliphatic carbocycles. The molecule has 3 nitrogen and oxygen atoms in total. The highest BCUT2D eigenvalue weighted by Crippen LogP contribution is 2.45. The summed E-state index contributed by atoms with van der Waals surface area (Å²) in [6, 6.07) is 32.2. The van der Waals surface area contributed by atoms with Crippen LogP contribution in [0.1, 0.15) is 105 Å². The third kappa shape index (κ3) is 8.60. The molecular formula is C40H53O3P. The molecule has 4 rings (SSSR count). The molecule has 4 aromatic rings. The van der Waals surface area contributed by atoms with Crippen molar-refractivity contribution in [3.8, 4) is 33.4 Å². The Hall–Kier alpha value is -2.97. The van der Waals surface area contributed by atoms with Crippen LogP contribution in [-0.4, -0.2) is 9.79 Å². The van der Waals surface area contributed by atoms with Crippen LogP contribution in [-0.2, 0) is 26.2 Å². The average molecular weight is 613 g/mol. The van der Waals surface area contributed by atoms with E-state index < -0.39 is 8.25 Å². The van der Waals surface area contributed by atoms with Crippen molar-refractivity contribution in [2.75, 3.05) is 0 Å². The molecule has 0 aliphatic rings. The molecule has 2 N–H and O–H groups in total. The summed E-state index contributed by atoms with van der Waals surface area (Å²) in [4.78, 5) is 14.3. The smallest absolute Gasteiger partial charge is 0.314 e. The Morgan fingerprint density at radius 2 is 0.659 bits per heavy atom. The van der Waals surface area contributed by atoms with Gasteiger partial charge < -0.3 is 9.79 Å². The van der Waals surface area contributed by atoms with Gasteiger partial charge in [0.2, 0.25) is 0 Å². The summed E-state index contributed by atoms with van der Waals surface area (Å²) in [5.41, 5.74) is 13.6. The first-order chi connectivity index (χ1) is 20.1.